The van der Waals surface area contributed by atoms with E-state index in [1.54, 1.807) is 16.8 Å². The predicted molar refractivity (Wildman–Crippen MR) is 74.4 cm³/mol. The van der Waals surface area contributed by atoms with E-state index in [9.17, 15) is 0 Å². The number of halogens is 1. The molecule has 0 amide bonds. The number of hydrogen-bond acceptors (Lipinski definition) is 2. The topological polar surface area (TPSA) is 34.5 Å². The number of hydrogen-bond donors (Lipinski definition) is 0. The molecule has 4 nitrogen and oxygen atoms in total. The van der Waals surface area contributed by atoms with Crippen LogP contribution in [0.4, 0.5) is 5.82 Å². The van der Waals surface area contributed by atoms with Gasteiger partial charge in [-0.15, -0.1) is 0 Å². The van der Waals surface area contributed by atoms with Crippen molar-refractivity contribution < 1.29 is 0 Å². The average Bonchev–Trinajstić information content (AvgIpc) is 2.81. The minimum absolute atomic E-state index is 0.462. The van der Waals surface area contributed by atoms with Crippen LogP contribution in [0.3, 0.4) is 0 Å². The first-order chi connectivity index (χ1) is 9.20. The lowest BCUT2D eigenvalue weighted by Crippen LogP contribution is -1.91. The maximum atomic E-state index is 7.13. The highest BCUT2D eigenvalue weighted by Crippen LogP contribution is 2.30. The lowest BCUT2D eigenvalue weighted by atomic mass is 10.1. The highest BCUT2D eigenvalue weighted by atomic mass is 35.5. The first-order valence-electron chi connectivity index (χ1n) is 5.67. The predicted octanol–water partition coefficient (Wildman–Crippen LogP) is 3.91. The number of pyridine rings is 2. The summed E-state index contributed by atoms with van der Waals surface area (Å²) in [5.74, 6) is 0.481. The molecule has 3 aromatic heterocycles. The second-order valence-electron chi connectivity index (χ2n) is 4.17. The van der Waals surface area contributed by atoms with Gasteiger partial charge in [0.15, 0.2) is 0 Å². The summed E-state index contributed by atoms with van der Waals surface area (Å²) < 4.78 is 1.76. The van der Waals surface area contributed by atoms with Crippen LogP contribution in [0.15, 0.2) is 36.8 Å². The van der Waals surface area contributed by atoms with Gasteiger partial charge in [0.25, 0.3) is 5.82 Å². The summed E-state index contributed by atoms with van der Waals surface area (Å²) in [6, 6.07) is 5.72. The van der Waals surface area contributed by atoms with Crippen LogP contribution in [-0.2, 0) is 0 Å². The summed E-state index contributed by atoms with van der Waals surface area (Å²) in [5, 5.41) is 0.462. The normalized spacial score (nSPS) is 10.6. The Balaban J connectivity index is 2.29. The molecule has 0 aromatic carbocycles. The van der Waals surface area contributed by atoms with Gasteiger partial charge in [-0.05, 0) is 24.6 Å². The third-order valence-electron chi connectivity index (χ3n) is 3.00. The van der Waals surface area contributed by atoms with Crippen LogP contribution in [0, 0.1) is 13.5 Å². The van der Waals surface area contributed by atoms with Crippen LogP contribution in [0.5, 0.6) is 0 Å². The Morgan fingerprint density at radius 2 is 2.11 bits per heavy atom. The van der Waals surface area contributed by atoms with E-state index < -0.39 is 0 Å². The molecule has 0 fully saturated rings. The molecule has 0 N–H and O–H groups in total. The lowest BCUT2D eigenvalue weighted by Gasteiger charge is -2.07. The molecular formula is C14H9ClN4. The molecule has 3 heterocycles. The van der Waals surface area contributed by atoms with E-state index in [1.807, 2.05) is 31.3 Å². The van der Waals surface area contributed by atoms with Crippen molar-refractivity contribution in [2.75, 3.05) is 0 Å². The van der Waals surface area contributed by atoms with Gasteiger partial charge >= 0.3 is 0 Å². The van der Waals surface area contributed by atoms with Gasteiger partial charge in [-0.25, -0.2) is 14.4 Å². The Morgan fingerprint density at radius 3 is 2.84 bits per heavy atom. The fraction of sp³-hybridized carbons (Fsp3) is 0.0714. The molecule has 0 bridgehead atoms. The fourth-order valence-corrected chi connectivity index (χ4v) is 2.38. The van der Waals surface area contributed by atoms with Gasteiger partial charge < -0.3 is 4.85 Å². The quantitative estimate of drug-likeness (QED) is 0.495. The zero-order valence-corrected chi connectivity index (χ0v) is 10.9. The van der Waals surface area contributed by atoms with Crippen molar-refractivity contribution in [1.29, 1.82) is 0 Å². The molecule has 0 aliphatic heterocycles. The van der Waals surface area contributed by atoms with Crippen molar-refractivity contribution in [3.63, 3.8) is 0 Å². The van der Waals surface area contributed by atoms with Crippen LogP contribution in [-0.4, -0.2) is 14.4 Å². The second kappa shape index (κ2) is 4.38. The van der Waals surface area contributed by atoms with Crippen LogP contribution in [0.2, 0.25) is 5.15 Å². The Kier molecular flexibility index (Phi) is 2.69. The number of rotatable bonds is 1. The van der Waals surface area contributed by atoms with Gasteiger partial charge in [-0.3, -0.25) is 0 Å². The molecule has 0 unspecified atom stereocenters. The van der Waals surface area contributed by atoms with Gasteiger partial charge in [-0.1, -0.05) is 18.2 Å². The SMILES string of the molecule is [C-]#[N+]c1cnc2ccc(-c3c(C)ccnc3Cl)cn12. The number of fused-ring (bicyclic) bond motifs is 1. The van der Waals surface area contributed by atoms with E-state index in [4.69, 9.17) is 18.2 Å². The highest BCUT2D eigenvalue weighted by molar-refractivity contribution is 6.32. The summed E-state index contributed by atoms with van der Waals surface area (Å²) in [5.41, 5.74) is 3.60. The van der Waals surface area contributed by atoms with Crippen molar-refractivity contribution in [1.82, 2.24) is 14.4 Å². The van der Waals surface area contributed by atoms with Gasteiger partial charge in [0.2, 0.25) is 5.65 Å². The maximum absolute atomic E-state index is 7.13. The van der Waals surface area contributed by atoms with Gasteiger partial charge in [-0.2, -0.15) is 0 Å². The van der Waals surface area contributed by atoms with Crippen molar-refractivity contribution >= 4 is 23.1 Å². The zero-order chi connectivity index (χ0) is 13.4. The lowest BCUT2D eigenvalue weighted by molar-refractivity contribution is 1.20. The standard InChI is InChI=1S/C14H9ClN4/c1-9-5-6-17-14(15)13(9)10-3-4-11-18-7-12(16-2)19(11)8-10/h3-8H,1H3. The number of imidazole rings is 1. The van der Waals surface area contributed by atoms with Gasteiger partial charge in [0, 0.05) is 23.4 Å². The Morgan fingerprint density at radius 1 is 1.26 bits per heavy atom. The molecule has 0 aliphatic rings. The summed E-state index contributed by atoms with van der Waals surface area (Å²) in [4.78, 5) is 11.7. The van der Waals surface area contributed by atoms with Crippen LogP contribution in [0.25, 0.3) is 21.6 Å². The van der Waals surface area contributed by atoms with E-state index in [1.165, 1.54) is 0 Å². The van der Waals surface area contributed by atoms with Crippen molar-refractivity contribution in [3.8, 4) is 11.1 Å². The molecule has 0 spiro atoms. The van der Waals surface area contributed by atoms with E-state index in [2.05, 4.69) is 14.8 Å². The first-order valence-corrected chi connectivity index (χ1v) is 6.04. The zero-order valence-electron chi connectivity index (χ0n) is 10.1. The summed E-state index contributed by atoms with van der Waals surface area (Å²) in [7, 11) is 0. The minimum atomic E-state index is 0.462. The van der Waals surface area contributed by atoms with Crippen LogP contribution >= 0.6 is 11.6 Å². The van der Waals surface area contributed by atoms with Gasteiger partial charge in [0.05, 0.1) is 12.4 Å². The molecule has 0 atom stereocenters. The molecule has 3 aromatic rings. The molecule has 0 saturated carbocycles. The number of aryl methyl sites for hydroxylation is 1. The summed E-state index contributed by atoms with van der Waals surface area (Å²) >= 11 is 6.17. The number of nitrogens with zero attached hydrogens (tertiary/aromatic N) is 4. The number of aromatic nitrogens is 3. The van der Waals surface area contributed by atoms with E-state index in [-0.39, 0.29) is 0 Å². The maximum Gasteiger partial charge on any atom is 0.254 e. The van der Waals surface area contributed by atoms with Gasteiger partial charge in [0.1, 0.15) is 5.15 Å². The summed E-state index contributed by atoms with van der Waals surface area (Å²) in [6.07, 6.45) is 5.11. The molecule has 3 rings (SSSR count). The third-order valence-corrected chi connectivity index (χ3v) is 3.29. The van der Waals surface area contributed by atoms with Crippen LogP contribution < -0.4 is 0 Å². The smallest absolute Gasteiger partial charge is 0.254 e. The largest absolute Gasteiger partial charge is 0.362 e. The Hall–Kier alpha value is -2.38. The molecule has 0 aliphatic carbocycles. The summed E-state index contributed by atoms with van der Waals surface area (Å²) in [6.45, 7) is 9.11. The third kappa shape index (κ3) is 1.85. The first kappa shape index (κ1) is 11.7. The second-order valence-corrected chi connectivity index (χ2v) is 4.53. The molecule has 0 saturated heterocycles. The molecule has 5 heteroatoms. The van der Waals surface area contributed by atoms with E-state index in [0.29, 0.717) is 11.0 Å². The molecule has 0 radical (unpaired) electrons. The fourth-order valence-electron chi connectivity index (χ4n) is 2.07. The monoisotopic (exact) mass is 268 g/mol. The average molecular weight is 269 g/mol. The van der Waals surface area contributed by atoms with E-state index >= 15 is 0 Å². The molecule has 92 valence electrons. The highest BCUT2D eigenvalue weighted by Gasteiger charge is 2.12. The minimum Gasteiger partial charge on any atom is -0.362 e. The van der Waals surface area contributed by atoms with Crippen molar-refractivity contribution in [2.45, 2.75) is 6.92 Å². The molecule has 19 heavy (non-hydrogen) atoms. The van der Waals surface area contributed by atoms with E-state index in [0.717, 1.165) is 22.3 Å². The molecular weight excluding hydrogens is 260 g/mol. The van der Waals surface area contributed by atoms with Crippen molar-refractivity contribution in [2.24, 2.45) is 0 Å². The Labute approximate surface area is 115 Å². The van der Waals surface area contributed by atoms with Crippen LogP contribution in [0.1, 0.15) is 5.56 Å². The van der Waals surface area contributed by atoms with Crippen molar-refractivity contribution in [3.05, 3.63) is 58.9 Å². The Bertz CT molecular complexity index is 794.